The van der Waals surface area contributed by atoms with Crippen LogP contribution in [0.25, 0.3) is 10.8 Å². The van der Waals surface area contributed by atoms with Crippen molar-refractivity contribution < 1.29 is 24.6 Å². The molecule has 0 N–H and O–H groups in total. The first-order valence-electron chi connectivity index (χ1n) is 5.09. The highest BCUT2D eigenvalue weighted by Crippen LogP contribution is 2.21. The van der Waals surface area contributed by atoms with Crippen LogP contribution in [-0.2, 0) is 28.3 Å². The summed E-state index contributed by atoms with van der Waals surface area (Å²) in [6, 6.07) is 11.2. The zero-order valence-corrected chi connectivity index (χ0v) is 11.4. The molecule has 0 aliphatic rings. The Morgan fingerprint density at radius 2 is 1.53 bits per heavy atom. The highest BCUT2D eigenvalue weighted by molar-refractivity contribution is 7.97. The van der Waals surface area contributed by atoms with E-state index in [1.807, 2.05) is 6.07 Å². The third-order valence-corrected chi connectivity index (χ3v) is 5.01. The second kappa shape index (κ2) is 4.89. The Labute approximate surface area is 111 Å². The van der Waals surface area contributed by atoms with E-state index in [1.54, 1.807) is 24.3 Å². The molecule has 2 aromatic rings. The van der Waals surface area contributed by atoms with Gasteiger partial charge in [0.2, 0.25) is 0 Å². The van der Waals surface area contributed by atoms with E-state index in [9.17, 15) is 16.8 Å². The molecule has 6 nitrogen and oxygen atoms in total. The first-order valence-corrected chi connectivity index (χ1v) is 7.84. The molecule has 0 saturated carbocycles. The van der Waals surface area contributed by atoms with Crippen LogP contribution in [0.1, 0.15) is 0 Å². The molecule has 0 fully saturated rings. The third kappa shape index (κ3) is 3.10. The van der Waals surface area contributed by atoms with Crippen molar-refractivity contribution in [2.75, 3.05) is 7.11 Å². The lowest BCUT2D eigenvalue weighted by Crippen LogP contribution is -2.14. The predicted octanol–water partition coefficient (Wildman–Crippen LogP) is 1.44. The fraction of sp³-hybridized carbons (Fsp3) is 0.0909. The monoisotopic (exact) mass is 302 g/mol. The van der Waals surface area contributed by atoms with Crippen molar-refractivity contribution in [2.24, 2.45) is 0 Å². The molecule has 0 atom stereocenters. The largest absolute Gasteiger partial charge is 0.414 e. The van der Waals surface area contributed by atoms with E-state index in [0.29, 0.717) is 5.39 Å². The molecule has 0 unspecified atom stereocenters. The summed E-state index contributed by atoms with van der Waals surface area (Å²) < 4.78 is 53.6. The number of rotatable bonds is 4. The Hall–Kier alpha value is -1.48. The summed E-state index contributed by atoms with van der Waals surface area (Å²) in [7, 11) is -8.19. The standard InChI is InChI=1S/C11H10O6S2/c1-16-19(14,15)17-18(12,13)11-7-6-9-4-2-3-5-10(9)8-11/h2-8H,1H3. The zero-order valence-electron chi connectivity index (χ0n) is 9.81. The van der Waals surface area contributed by atoms with Gasteiger partial charge in [0.15, 0.2) is 0 Å². The van der Waals surface area contributed by atoms with Gasteiger partial charge in [0, 0.05) is 0 Å². The van der Waals surface area contributed by atoms with Gasteiger partial charge in [-0.1, -0.05) is 30.3 Å². The molecule has 0 radical (unpaired) electrons. The van der Waals surface area contributed by atoms with Crippen molar-refractivity contribution in [3.63, 3.8) is 0 Å². The third-order valence-electron chi connectivity index (χ3n) is 2.39. The lowest BCUT2D eigenvalue weighted by atomic mass is 10.1. The van der Waals surface area contributed by atoms with Crippen LogP contribution in [0.3, 0.4) is 0 Å². The van der Waals surface area contributed by atoms with Crippen LogP contribution >= 0.6 is 0 Å². The molecule has 0 bridgehead atoms. The van der Waals surface area contributed by atoms with Gasteiger partial charge < -0.3 is 0 Å². The Balaban J connectivity index is 2.49. The Morgan fingerprint density at radius 1 is 0.895 bits per heavy atom. The van der Waals surface area contributed by atoms with Gasteiger partial charge in [0.1, 0.15) is 0 Å². The summed E-state index contributed by atoms with van der Waals surface area (Å²) in [5.41, 5.74) is 0. The molecule has 2 aromatic carbocycles. The molecule has 0 aromatic heterocycles. The Kier molecular flexibility index (Phi) is 3.59. The van der Waals surface area contributed by atoms with Crippen molar-refractivity contribution in [3.05, 3.63) is 42.5 Å². The molecule has 102 valence electrons. The maximum atomic E-state index is 11.8. The predicted molar refractivity (Wildman–Crippen MR) is 68.1 cm³/mol. The van der Waals surface area contributed by atoms with Gasteiger partial charge in [-0.05, 0) is 22.9 Å². The first-order chi connectivity index (χ1) is 8.84. The number of hydrogen-bond donors (Lipinski definition) is 0. The van der Waals surface area contributed by atoms with Crippen LogP contribution in [-0.4, -0.2) is 23.9 Å². The second-order valence-electron chi connectivity index (χ2n) is 3.61. The topological polar surface area (TPSA) is 86.7 Å². The zero-order chi connectivity index (χ0) is 14.1. The fourth-order valence-electron chi connectivity index (χ4n) is 1.50. The van der Waals surface area contributed by atoms with E-state index in [4.69, 9.17) is 0 Å². The summed E-state index contributed by atoms with van der Waals surface area (Å²) >= 11 is 0. The molecule has 2 rings (SSSR count). The smallest absolute Gasteiger partial charge is 0.251 e. The van der Waals surface area contributed by atoms with Gasteiger partial charge in [-0.15, -0.1) is 3.63 Å². The lowest BCUT2D eigenvalue weighted by Gasteiger charge is -2.05. The minimum atomic E-state index is -4.57. The lowest BCUT2D eigenvalue weighted by molar-refractivity contribution is 0.330. The number of hydrogen-bond acceptors (Lipinski definition) is 6. The fourth-order valence-corrected chi connectivity index (χ4v) is 3.42. The van der Waals surface area contributed by atoms with Gasteiger partial charge in [-0.3, -0.25) is 4.18 Å². The number of benzene rings is 2. The maximum absolute atomic E-state index is 11.8. The molecule has 0 amide bonds. The van der Waals surface area contributed by atoms with Crippen LogP contribution < -0.4 is 0 Å². The molecule has 0 aliphatic carbocycles. The minimum absolute atomic E-state index is 0.258. The number of fused-ring (bicyclic) bond motifs is 1. The van der Waals surface area contributed by atoms with Crippen molar-refractivity contribution >= 4 is 31.3 Å². The van der Waals surface area contributed by atoms with Crippen molar-refractivity contribution in [3.8, 4) is 0 Å². The van der Waals surface area contributed by atoms with Gasteiger partial charge in [-0.2, -0.15) is 16.8 Å². The first kappa shape index (κ1) is 13.9. The van der Waals surface area contributed by atoms with Crippen LogP contribution in [0.2, 0.25) is 0 Å². The highest BCUT2D eigenvalue weighted by atomic mass is 32.3. The van der Waals surface area contributed by atoms with Crippen LogP contribution in [0.15, 0.2) is 47.4 Å². The quantitative estimate of drug-likeness (QED) is 0.849. The van der Waals surface area contributed by atoms with Crippen LogP contribution in [0, 0.1) is 0 Å². The summed E-state index contributed by atoms with van der Waals surface area (Å²) in [6.07, 6.45) is 0. The van der Waals surface area contributed by atoms with E-state index >= 15 is 0 Å². The van der Waals surface area contributed by atoms with Gasteiger partial charge >= 0.3 is 20.5 Å². The molecular formula is C11H10O6S2. The molecule has 0 spiro atoms. The molecule has 0 heterocycles. The molecular weight excluding hydrogens is 292 g/mol. The van der Waals surface area contributed by atoms with Gasteiger partial charge in [-0.25, -0.2) is 0 Å². The normalized spacial score (nSPS) is 12.7. The highest BCUT2D eigenvalue weighted by Gasteiger charge is 2.24. The maximum Gasteiger partial charge on any atom is 0.414 e. The van der Waals surface area contributed by atoms with Gasteiger partial charge in [0.05, 0.1) is 12.0 Å². The SMILES string of the molecule is COS(=O)(=O)OS(=O)(=O)c1ccc2ccccc2c1. The minimum Gasteiger partial charge on any atom is -0.251 e. The Bertz CT molecular complexity index is 808. The van der Waals surface area contributed by atoms with E-state index in [1.165, 1.54) is 12.1 Å². The van der Waals surface area contributed by atoms with E-state index in [2.05, 4.69) is 7.81 Å². The van der Waals surface area contributed by atoms with Crippen molar-refractivity contribution in [1.82, 2.24) is 0 Å². The van der Waals surface area contributed by atoms with Crippen LogP contribution in [0.4, 0.5) is 0 Å². The van der Waals surface area contributed by atoms with E-state index < -0.39 is 20.5 Å². The Morgan fingerprint density at radius 3 is 2.16 bits per heavy atom. The summed E-state index contributed by atoms with van der Waals surface area (Å²) in [5.74, 6) is 0. The average molecular weight is 302 g/mol. The molecule has 19 heavy (non-hydrogen) atoms. The van der Waals surface area contributed by atoms with Crippen LogP contribution in [0.5, 0.6) is 0 Å². The van der Waals surface area contributed by atoms with Crippen molar-refractivity contribution in [2.45, 2.75) is 4.90 Å². The van der Waals surface area contributed by atoms with E-state index in [0.717, 1.165) is 12.5 Å². The molecule has 0 aliphatic heterocycles. The van der Waals surface area contributed by atoms with Gasteiger partial charge in [0.25, 0.3) is 0 Å². The van der Waals surface area contributed by atoms with Crippen molar-refractivity contribution in [1.29, 1.82) is 0 Å². The summed E-state index contributed by atoms with van der Waals surface area (Å²) in [6.45, 7) is 0. The second-order valence-corrected chi connectivity index (χ2v) is 6.68. The van der Waals surface area contributed by atoms with E-state index in [-0.39, 0.29) is 4.90 Å². The molecule has 0 saturated heterocycles. The molecule has 8 heteroatoms. The summed E-state index contributed by atoms with van der Waals surface area (Å²) in [4.78, 5) is -0.258. The summed E-state index contributed by atoms with van der Waals surface area (Å²) in [5, 5.41) is 1.48. The average Bonchev–Trinajstić information content (AvgIpc) is 2.37.